The van der Waals surface area contributed by atoms with Crippen LogP contribution in [0.25, 0.3) is 10.2 Å². The maximum absolute atomic E-state index is 13.6. The van der Waals surface area contributed by atoms with Gasteiger partial charge in [0.15, 0.2) is 0 Å². The number of amides is 1. The van der Waals surface area contributed by atoms with Crippen LogP contribution in [-0.4, -0.2) is 40.0 Å². The van der Waals surface area contributed by atoms with Crippen molar-refractivity contribution >= 4 is 33.1 Å². The minimum absolute atomic E-state index is 0.0353. The molecule has 4 heterocycles. The van der Waals surface area contributed by atoms with E-state index in [0.717, 1.165) is 46.9 Å². The first-order chi connectivity index (χ1) is 15.0. The predicted molar refractivity (Wildman–Crippen MR) is 125 cm³/mol. The van der Waals surface area contributed by atoms with Crippen LogP contribution in [0.3, 0.4) is 0 Å². The van der Waals surface area contributed by atoms with Crippen LogP contribution in [-0.2, 0) is 24.3 Å². The molecule has 0 saturated carbocycles. The van der Waals surface area contributed by atoms with Gasteiger partial charge in [-0.2, -0.15) is 0 Å². The number of para-hydroxylation sites is 1. The lowest BCUT2D eigenvalue weighted by Gasteiger charge is -2.30. The van der Waals surface area contributed by atoms with Crippen molar-refractivity contribution in [3.05, 3.63) is 56.4 Å². The number of carbonyl (C=O) groups is 1. The fourth-order valence-corrected chi connectivity index (χ4v) is 5.85. The highest BCUT2D eigenvalue weighted by Gasteiger charge is 2.26. The summed E-state index contributed by atoms with van der Waals surface area (Å²) in [5.74, 6) is 0.668. The Kier molecular flexibility index (Phi) is 5.40. The van der Waals surface area contributed by atoms with E-state index in [0.29, 0.717) is 24.3 Å². The summed E-state index contributed by atoms with van der Waals surface area (Å²) in [6.07, 6.45) is 4.28. The van der Waals surface area contributed by atoms with Crippen LogP contribution >= 0.6 is 11.3 Å². The van der Waals surface area contributed by atoms with Gasteiger partial charge in [-0.1, -0.05) is 18.2 Å². The molecule has 0 N–H and O–H groups in total. The molecule has 0 bridgehead atoms. The van der Waals surface area contributed by atoms with Crippen LogP contribution in [0.5, 0.6) is 0 Å². The van der Waals surface area contributed by atoms with Gasteiger partial charge in [-0.05, 0) is 69.8 Å². The Morgan fingerprint density at radius 1 is 1.10 bits per heavy atom. The predicted octanol–water partition coefficient (Wildman–Crippen LogP) is 3.65. The minimum atomic E-state index is -0.0836. The highest BCUT2D eigenvalue weighted by atomic mass is 32.1. The van der Waals surface area contributed by atoms with E-state index >= 15 is 0 Å². The van der Waals surface area contributed by atoms with Crippen molar-refractivity contribution in [1.29, 1.82) is 0 Å². The molecule has 0 aliphatic carbocycles. The molecule has 0 radical (unpaired) electrons. The third kappa shape index (κ3) is 3.70. The average molecular weight is 437 g/mol. The van der Waals surface area contributed by atoms with Gasteiger partial charge in [0.1, 0.15) is 17.2 Å². The fraction of sp³-hybridized carbons (Fsp3) is 0.458. The number of aryl methyl sites for hydroxylation is 3. The van der Waals surface area contributed by atoms with Crippen molar-refractivity contribution < 1.29 is 4.79 Å². The smallest absolute Gasteiger partial charge is 0.263 e. The maximum Gasteiger partial charge on any atom is 0.263 e. The second-order valence-electron chi connectivity index (χ2n) is 8.64. The van der Waals surface area contributed by atoms with Crippen molar-refractivity contribution in [3.8, 4) is 0 Å². The highest BCUT2D eigenvalue weighted by Crippen LogP contribution is 2.28. The standard InChI is InChI=1S/C24H28N4O2S/c1-16-17(2)31-23-22(16)24(30)28(20(25-23)14-26-11-5-6-12-26)15-21(29)27-13-7-9-18-8-3-4-10-19(18)27/h3-4,8,10H,5-7,9,11-15H2,1-2H3. The van der Waals surface area contributed by atoms with Gasteiger partial charge in [-0.15, -0.1) is 11.3 Å². The first-order valence-electron chi connectivity index (χ1n) is 11.1. The number of rotatable bonds is 4. The van der Waals surface area contributed by atoms with Crippen molar-refractivity contribution in [1.82, 2.24) is 14.5 Å². The monoisotopic (exact) mass is 436 g/mol. The molecular formula is C24H28N4O2S. The third-order valence-electron chi connectivity index (χ3n) is 6.64. The second-order valence-corrected chi connectivity index (χ2v) is 9.85. The largest absolute Gasteiger partial charge is 0.311 e. The quantitative estimate of drug-likeness (QED) is 0.626. The molecule has 5 rings (SSSR count). The Hall–Kier alpha value is -2.51. The number of fused-ring (bicyclic) bond motifs is 2. The summed E-state index contributed by atoms with van der Waals surface area (Å²) in [5, 5.41) is 0.666. The molecule has 1 saturated heterocycles. The molecule has 7 heteroatoms. The number of nitrogens with zero attached hydrogens (tertiary/aromatic N) is 4. The molecule has 0 unspecified atom stereocenters. The van der Waals surface area contributed by atoms with Crippen molar-refractivity contribution in [2.75, 3.05) is 24.5 Å². The Morgan fingerprint density at radius 2 is 1.87 bits per heavy atom. The molecule has 0 atom stereocenters. The van der Waals surface area contributed by atoms with Gasteiger partial charge in [0.2, 0.25) is 5.91 Å². The summed E-state index contributed by atoms with van der Waals surface area (Å²) < 4.78 is 1.64. The third-order valence-corrected chi connectivity index (χ3v) is 7.74. The van der Waals surface area contributed by atoms with Crippen LogP contribution in [0, 0.1) is 13.8 Å². The van der Waals surface area contributed by atoms with Gasteiger partial charge in [-0.3, -0.25) is 19.1 Å². The number of hydrogen-bond donors (Lipinski definition) is 0. The topological polar surface area (TPSA) is 58.4 Å². The first kappa shape index (κ1) is 20.4. The summed E-state index contributed by atoms with van der Waals surface area (Å²) in [4.78, 5) is 38.0. The van der Waals surface area contributed by atoms with Gasteiger partial charge in [0.25, 0.3) is 5.56 Å². The zero-order valence-electron chi connectivity index (χ0n) is 18.2. The number of anilines is 1. The second kappa shape index (κ2) is 8.20. The molecule has 162 valence electrons. The van der Waals surface area contributed by atoms with E-state index in [4.69, 9.17) is 4.98 Å². The van der Waals surface area contributed by atoms with E-state index in [2.05, 4.69) is 11.0 Å². The number of thiophene rings is 1. The van der Waals surface area contributed by atoms with E-state index in [9.17, 15) is 9.59 Å². The first-order valence-corrected chi connectivity index (χ1v) is 11.9. The average Bonchev–Trinajstić information content (AvgIpc) is 3.38. The number of hydrogen-bond acceptors (Lipinski definition) is 5. The molecule has 0 spiro atoms. The normalized spacial score (nSPS) is 16.8. The lowest BCUT2D eigenvalue weighted by Crippen LogP contribution is -2.41. The van der Waals surface area contributed by atoms with Gasteiger partial charge >= 0.3 is 0 Å². The molecule has 2 aliphatic heterocycles. The minimum Gasteiger partial charge on any atom is -0.311 e. The molecule has 2 aliphatic rings. The molecule has 1 fully saturated rings. The van der Waals surface area contributed by atoms with Crippen LogP contribution < -0.4 is 10.5 Å². The molecule has 2 aromatic heterocycles. The lowest BCUT2D eigenvalue weighted by atomic mass is 10.0. The fourth-order valence-electron chi connectivity index (χ4n) is 4.81. The zero-order chi connectivity index (χ0) is 21.5. The number of aromatic nitrogens is 2. The van der Waals surface area contributed by atoms with Crippen molar-refractivity contribution in [3.63, 3.8) is 0 Å². The summed E-state index contributed by atoms with van der Waals surface area (Å²) in [6, 6.07) is 8.09. The zero-order valence-corrected chi connectivity index (χ0v) is 19.0. The van der Waals surface area contributed by atoms with Crippen molar-refractivity contribution in [2.24, 2.45) is 0 Å². The van der Waals surface area contributed by atoms with Gasteiger partial charge in [-0.25, -0.2) is 4.98 Å². The Morgan fingerprint density at radius 3 is 2.68 bits per heavy atom. The lowest BCUT2D eigenvalue weighted by molar-refractivity contribution is -0.119. The molecule has 3 aromatic rings. The number of benzene rings is 1. The molecule has 6 nitrogen and oxygen atoms in total. The summed E-state index contributed by atoms with van der Waals surface area (Å²) >= 11 is 1.57. The Balaban J connectivity index is 1.55. The van der Waals surface area contributed by atoms with Crippen molar-refractivity contribution in [2.45, 2.75) is 52.6 Å². The van der Waals surface area contributed by atoms with Gasteiger partial charge in [0.05, 0.1) is 11.9 Å². The van der Waals surface area contributed by atoms with Crippen LogP contribution in [0.4, 0.5) is 5.69 Å². The van der Waals surface area contributed by atoms with E-state index in [-0.39, 0.29) is 18.0 Å². The van der Waals surface area contributed by atoms with E-state index in [1.807, 2.05) is 36.9 Å². The SMILES string of the molecule is Cc1sc2nc(CN3CCCC3)n(CC(=O)N3CCCc4ccccc43)c(=O)c2c1C. The summed E-state index contributed by atoms with van der Waals surface area (Å²) in [7, 11) is 0. The summed E-state index contributed by atoms with van der Waals surface area (Å²) in [5.41, 5.74) is 3.07. The van der Waals surface area contributed by atoms with E-state index in [1.165, 1.54) is 18.4 Å². The van der Waals surface area contributed by atoms with Gasteiger partial charge < -0.3 is 4.90 Å². The van der Waals surface area contributed by atoms with E-state index < -0.39 is 0 Å². The van der Waals surface area contributed by atoms with Crippen LogP contribution in [0.1, 0.15) is 41.1 Å². The summed E-state index contributed by atoms with van der Waals surface area (Å²) in [6.45, 7) is 7.39. The molecule has 31 heavy (non-hydrogen) atoms. The molecule has 1 amide bonds. The van der Waals surface area contributed by atoms with Gasteiger partial charge in [0, 0.05) is 17.1 Å². The number of carbonyl (C=O) groups excluding carboxylic acids is 1. The maximum atomic E-state index is 13.6. The van der Waals surface area contributed by atoms with Crippen LogP contribution in [0.2, 0.25) is 0 Å². The van der Waals surface area contributed by atoms with Crippen LogP contribution in [0.15, 0.2) is 29.1 Å². The Bertz CT molecular complexity index is 1210. The molecular weight excluding hydrogens is 408 g/mol. The molecule has 1 aromatic carbocycles. The highest BCUT2D eigenvalue weighted by molar-refractivity contribution is 7.18. The van der Waals surface area contributed by atoms with E-state index in [1.54, 1.807) is 15.9 Å². The Labute approximate surface area is 186 Å². The number of likely N-dealkylation sites (tertiary alicyclic amines) is 1.